The average molecular weight is 302 g/mol. The van der Waals surface area contributed by atoms with Crippen LogP contribution in [0.4, 0.5) is 5.00 Å². The van der Waals surface area contributed by atoms with Gasteiger partial charge in [-0.15, -0.1) is 11.3 Å². The molecule has 0 aliphatic carbocycles. The Morgan fingerprint density at radius 1 is 1.39 bits per heavy atom. The van der Waals surface area contributed by atoms with Gasteiger partial charge in [0, 0.05) is 26.0 Å². The van der Waals surface area contributed by atoms with E-state index in [4.69, 9.17) is 28.9 Å². The van der Waals surface area contributed by atoms with Crippen molar-refractivity contribution in [1.29, 1.82) is 0 Å². The summed E-state index contributed by atoms with van der Waals surface area (Å²) in [6, 6.07) is 4.95. The zero-order valence-electron chi connectivity index (χ0n) is 9.33. The van der Waals surface area contributed by atoms with Crippen molar-refractivity contribution in [3.63, 3.8) is 0 Å². The fourth-order valence-corrected chi connectivity index (χ4v) is 3.23. The lowest BCUT2D eigenvalue weighted by Crippen LogP contribution is -2.01. The Morgan fingerprint density at radius 2 is 2.06 bits per heavy atom. The van der Waals surface area contributed by atoms with Gasteiger partial charge in [-0.25, -0.2) is 4.79 Å². The molecule has 0 saturated heterocycles. The predicted octanol–water partition coefficient (Wildman–Crippen LogP) is 4.31. The molecule has 3 N–H and O–H groups in total. The quantitative estimate of drug-likeness (QED) is 0.868. The minimum atomic E-state index is -1.06. The predicted molar refractivity (Wildman–Crippen MR) is 75.9 cm³/mol. The first-order valence-corrected chi connectivity index (χ1v) is 6.56. The number of rotatable bonds is 2. The van der Waals surface area contributed by atoms with E-state index in [9.17, 15) is 9.90 Å². The van der Waals surface area contributed by atoms with Gasteiger partial charge < -0.3 is 10.8 Å². The van der Waals surface area contributed by atoms with E-state index in [1.807, 2.05) is 6.92 Å². The molecule has 0 aliphatic heterocycles. The first-order chi connectivity index (χ1) is 8.41. The maximum Gasteiger partial charge on any atom is 0.339 e. The number of halogens is 2. The van der Waals surface area contributed by atoms with E-state index in [1.165, 1.54) is 11.3 Å². The molecule has 18 heavy (non-hydrogen) atoms. The number of aryl methyl sites for hydroxylation is 1. The number of nitrogen functional groups attached to an aromatic ring is 1. The zero-order chi connectivity index (χ0) is 13.4. The van der Waals surface area contributed by atoms with Gasteiger partial charge in [0.2, 0.25) is 0 Å². The van der Waals surface area contributed by atoms with E-state index in [2.05, 4.69) is 0 Å². The lowest BCUT2D eigenvalue weighted by molar-refractivity contribution is 0.0699. The van der Waals surface area contributed by atoms with E-state index >= 15 is 0 Å². The minimum absolute atomic E-state index is 0.0988. The maximum atomic E-state index is 11.3. The number of carbonyl (C=O) groups is 1. The molecule has 6 heteroatoms. The number of hydrogen-bond donors (Lipinski definition) is 2. The summed E-state index contributed by atoms with van der Waals surface area (Å²) in [5.74, 6) is -1.06. The highest BCUT2D eigenvalue weighted by Gasteiger charge is 2.22. The van der Waals surface area contributed by atoms with Crippen LogP contribution in [0.25, 0.3) is 11.1 Å². The fourth-order valence-electron chi connectivity index (χ4n) is 1.80. The first-order valence-electron chi connectivity index (χ1n) is 4.99. The van der Waals surface area contributed by atoms with Crippen molar-refractivity contribution >= 4 is 45.5 Å². The zero-order valence-corrected chi connectivity index (χ0v) is 11.7. The van der Waals surface area contributed by atoms with Crippen LogP contribution in [-0.4, -0.2) is 11.1 Å². The van der Waals surface area contributed by atoms with Crippen molar-refractivity contribution in [1.82, 2.24) is 0 Å². The summed E-state index contributed by atoms with van der Waals surface area (Å²) >= 11 is 13.2. The third-order valence-corrected chi connectivity index (χ3v) is 4.01. The van der Waals surface area contributed by atoms with E-state index in [-0.39, 0.29) is 10.6 Å². The Balaban J connectivity index is 2.74. The second-order valence-corrected chi connectivity index (χ2v) is 5.80. The van der Waals surface area contributed by atoms with Crippen LogP contribution in [0, 0.1) is 6.92 Å². The molecular weight excluding hydrogens is 293 g/mol. The van der Waals surface area contributed by atoms with Crippen molar-refractivity contribution < 1.29 is 9.90 Å². The lowest BCUT2D eigenvalue weighted by atomic mass is 10.0. The molecule has 1 aromatic heterocycles. The Hall–Kier alpha value is -1.23. The van der Waals surface area contributed by atoms with E-state index in [1.54, 1.807) is 18.2 Å². The Labute approximate surface area is 118 Å². The molecular formula is C12H9Cl2NO2S. The lowest BCUT2D eigenvalue weighted by Gasteiger charge is -2.06. The molecule has 1 heterocycles. The molecule has 0 spiro atoms. The highest BCUT2D eigenvalue weighted by molar-refractivity contribution is 7.16. The van der Waals surface area contributed by atoms with Gasteiger partial charge in [-0.3, -0.25) is 0 Å². The molecule has 0 fully saturated rings. The molecule has 0 atom stereocenters. The number of nitrogens with two attached hydrogens (primary N) is 1. The number of aromatic carboxylic acids is 1. The van der Waals surface area contributed by atoms with Crippen molar-refractivity contribution in [2.45, 2.75) is 6.92 Å². The van der Waals surface area contributed by atoms with Gasteiger partial charge in [0.25, 0.3) is 0 Å². The molecule has 1 aromatic carbocycles. The largest absolute Gasteiger partial charge is 0.478 e. The van der Waals surface area contributed by atoms with E-state index in [0.29, 0.717) is 21.2 Å². The summed E-state index contributed by atoms with van der Waals surface area (Å²) in [5, 5.41) is 10.4. The van der Waals surface area contributed by atoms with Crippen LogP contribution in [0.5, 0.6) is 0 Å². The summed E-state index contributed by atoms with van der Waals surface area (Å²) < 4.78 is 0. The Morgan fingerprint density at radius 3 is 2.61 bits per heavy atom. The second-order valence-electron chi connectivity index (χ2n) is 3.70. The van der Waals surface area contributed by atoms with Crippen LogP contribution in [0.1, 0.15) is 15.2 Å². The highest BCUT2D eigenvalue weighted by atomic mass is 35.5. The van der Waals surface area contributed by atoms with Crippen LogP contribution < -0.4 is 5.73 Å². The molecule has 0 aliphatic rings. The highest BCUT2D eigenvalue weighted by Crippen LogP contribution is 2.41. The normalized spacial score (nSPS) is 10.6. The van der Waals surface area contributed by atoms with Gasteiger partial charge in [0.05, 0.1) is 0 Å². The fraction of sp³-hybridized carbons (Fsp3) is 0.0833. The van der Waals surface area contributed by atoms with Crippen LogP contribution in [0.2, 0.25) is 10.0 Å². The molecule has 94 valence electrons. The summed E-state index contributed by atoms with van der Waals surface area (Å²) in [6.45, 7) is 1.81. The van der Waals surface area contributed by atoms with Crippen LogP contribution >= 0.6 is 34.5 Å². The van der Waals surface area contributed by atoms with Gasteiger partial charge >= 0.3 is 5.97 Å². The number of carboxylic acid groups (broad SMARTS) is 1. The van der Waals surface area contributed by atoms with Crippen molar-refractivity contribution in [3.8, 4) is 11.1 Å². The number of anilines is 1. The van der Waals surface area contributed by atoms with Crippen molar-refractivity contribution in [2.24, 2.45) is 0 Å². The summed E-state index contributed by atoms with van der Waals surface area (Å²) in [6.07, 6.45) is 0. The number of benzene rings is 1. The third kappa shape index (κ3) is 2.19. The van der Waals surface area contributed by atoms with Crippen molar-refractivity contribution in [2.75, 3.05) is 5.73 Å². The maximum absolute atomic E-state index is 11.3. The Bertz CT molecular complexity index is 637. The molecule has 0 saturated carbocycles. The molecule has 3 nitrogen and oxygen atoms in total. The monoisotopic (exact) mass is 301 g/mol. The smallest absolute Gasteiger partial charge is 0.339 e. The van der Waals surface area contributed by atoms with Gasteiger partial charge in [0.1, 0.15) is 10.6 Å². The van der Waals surface area contributed by atoms with Gasteiger partial charge in [-0.2, -0.15) is 0 Å². The van der Waals surface area contributed by atoms with Gasteiger partial charge in [-0.1, -0.05) is 29.3 Å². The number of thiophene rings is 1. The number of hydrogen-bond acceptors (Lipinski definition) is 3. The van der Waals surface area contributed by atoms with Gasteiger partial charge in [0.15, 0.2) is 0 Å². The average Bonchev–Trinajstić information content (AvgIpc) is 2.53. The topological polar surface area (TPSA) is 63.3 Å². The SMILES string of the molecule is Cc1sc(N)c(C(=O)O)c1-c1ccc(Cl)cc1Cl. The Kier molecular flexibility index (Phi) is 3.52. The van der Waals surface area contributed by atoms with E-state index in [0.717, 1.165) is 4.88 Å². The number of carboxylic acids is 1. The van der Waals surface area contributed by atoms with Crippen LogP contribution in [0.3, 0.4) is 0 Å². The standard InChI is InChI=1S/C12H9Cl2NO2S/c1-5-9(10(12(16)17)11(15)18-5)7-3-2-6(13)4-8(7)14/h2-4H,15H2,1H3,(H,16,17). The molecule has 0 unspecified atom stereocenters. The molecule has 2 rings (SSSR count). The first kappa shape index (κ1) is 13.2. The second kappa shape index (κ2) is 4.80. The van der Waals surface area contributed by atoms with Gasteiger partial charge in [-0.05, 0) is 19.1 Å². The molecule has 0 amide bonds. The minimum Gasteiger partial charge on any atom is -0.478 e. The van der Waals surface area contributed by atoms with Crippen LogP contribution in [0.15, 0.2) is 18.2 Å². The van der Waals surface area contributed by atoms with Crippen molar-refractivity contribution in [3.05, 3.63) is 38.7 Å². The van der Waals surface area contributed by atoms with E-state index < -0.39 is 5.97 Å². The summed E-state index contributed by atoms with van der Waals surface area (Å²) in [5.41, 5.74) is 7.02. The third-order valence-electron chi connectivity index (χ3n) is 2.53. The summed E-state index contributed by atoms with van der Waals surface area (Å²) in [7, 11) is 0. The van der Waals surface area contributed by atoms with Crippen LogP contribution in [-0.2, 0) is 0 Å². The molecule has 0 radical (unpaired) electrons. The molecule has 0 bridgehead atoms. The molecule has 2 aromatic rings. The summed E-state index contributed by atoms with van der Waals surface area (Å²) in [4.78, 5) is 12.1.